The van der Waals surface area contributed by atoms with Crippen molar-refractivity contribution in [3.63, 3.8) is 0 Å². The average molecular weight is 263 g/mol. The summed E-state index contributed by atoms with van der Waals surface area (Å²) >= 11 is 0. The maximum Gasteiger partial charge on any atom is 0.290 e. The van der Waals surface area contributed by atoms with Crippen LogP contribution in [0, 0.1) is 0 Å². The van der Waals surface area contributed by atoms with Gasteiger partial charge < -0.3 is 14.2 Å². The zero-order chi connectivity index (χ0) is 14.7. The van der Waals surface area contributed by atoms with Gasteiger partial charge in [0, 0.05) is 0 Å². The lowest BCUT2D eigenvalue weighted by molar-refractivity contribution is 0.355. The molecule has 0 spiro atoms. The van der Waals surface area contributed by atoms with Crippen LogP contribution in [-0.2, 0) is 0 Å². The fraction of sp³-hybridized carbons (Fsp3) is 1.00. The van der Waals surface area contributed by atoms with Gasteiger partial charge in [-0.15, -0.1) is 0 Å². The molecular weight excluding hydrogens is 231 g/mol. The van der Waals surface area contributed by atoms with Gasteiger partial charge in [-0.1, -0.05) is 55.4 Å². The van der Waals surface area contributed by atoms with Gasteiger partial charge >= 0.3 is 0 Å². The van der Waals surface area contributed by atoms with Crippen molar-refractivity contribution in [3.05, 3.63) is 0 Å². The molecule has 0 bridgehead atoms. The Bertz CT molecular complexity index is 252. The largest absolute Gasteiger partial charge is 0.358 e. The van der Waals surface area contributed by atoms with Gasteiger partial charge in [0.15, 0.2) is 0 Å². The summed E-state index contributed by atoms with van der Waals surface area (Å²) in [7, 11) is 1.11. The second-order valence-electron chi connectivity index (χ2n) is 6.68. The molecule has 1 heterocycles. The van der Waals surface area contributed by atoms with Crippen LogP contribution in [0.1, 0.15) is 55.4 Å². The van der Waals surface area contributed by atoms with Crippen LogP contribution in [-0.4, -0.2) is 53.8 Å². The van der Waals surface area contributed by atoms with Crippen molar-refractivity contribution >= 4 is 21.5 Å². The van der Waals surface area contributed by atoms with E-state index in [1.165, 1.54) is 12.6 Å². The smallest absolute Gasteiger partial charge is 0.290 e. The molecule has 0 N–H and O–H groups in total. The van der Waals surface area contributed by atoms with E-state index in [-0.39, 0.29) is 0 Å². The monoisotopic (exact) mass is 263 g/mol. The molecule has 1 rings (SSSR count). The van der Waals surface area contributed by atoms with E-state index in [0.717, 1.165) is 7.55 Å². The Kier molecular flexibility index (Phi) is 6.48. The number of hydrogen-bond acceptors (Lipinski definition) is 3. The van der Waals surface area contributed by atoms with Crippen LogP contribution in [0.25, 0.3) is 0 Å². The van der Waals surface area contributed by atoms with Crippen LogP contribution in [0.2, 0.25) is 12.6 Å². The fourth-order valence-electron chi connectivity index (χ4n) is 3.51. The second-order valence-corrected chi connectivity index (χ2v) is 6.68. The first-order valence-corrected chi connectivity index (χ1v) is 8.13. The lowest BCUT2D eigenvalue weighted by Crippen LogP contribution is -2.76. The molecule has 19 heavy (non-hydrogen) atoms. The second kappa shape index (κ2) is 7.19. The van der Waals surface area contributed by atoms with E-state index in [9.17, 15) is 0 Å². The predicted molar refractivity (Wildman–Crippen MR) is 90.5 cm³/mol. The molecule has 0 aromatic carbocycles. The SMILES string of the molecule is CCB1N(C(C)C)BN(C(C)C)B(CC)N1C(C)C. The van der Waals surface area contributed by atoms with Gasteiger partial charge in [-0.2, -0.15) is 0 Å². The Morgan fingerprint density at radius 3 is 1.32 bits per heavy atom. The van der Waals surface area contributed by atoms with Gasteiger partial charge in [0.1, 0.15) is 0 Å². The Morgan fingerprint density at radius 1 is 0.737 bits per heavy atom. The van der Waals surface area contributed by atoms with E-state index in [1.54, 1.807) is 0 Å². The first-order valence-electron chi connectivity index (χ1n) is 8.13. The standard InChI is InChI=1S/C13H32B3N3/c1-9-15-17(11(3)4)14-18(12(5)6)16(10-2)19(15)13(7)8/h11-14H,9-10H2,1-8H3. The molecular formula is C13H32B3N3. The summed E-state index contributed by atoms with van der Waals surface area (Å²) in [5, 5.41) is 0. The first-order chi connectivity index (χ1) is 8.84. The Hall–Kier alpha value is 0.0748. The Morgan fingerprint density at radius 2 is 1.11 bits per heavy atom. The van der Waals surface area contributed by atoms with E-state index in [0.29, 0.717) is 32.1 Å². The Balaban J connectivity index is 3.10. The Labute approximate surface area is 122 Å². The zero-order valence-electron chi connectivity index (χ0n) is 14.3. The van der Waals surface area contributed by atoms with Gasteiger partial charge in [0.05, 0.1) is 0 Å². The fourth-order valence-corrected chi connectivity index (χ4v) is 3.51. The van der Waals surface area contributed by atoms with Crippen LogP contribution in [0.4, 0.5) is 0 Å². The third-order valence-electron chi connectivity index (χ3n) is 4.43. The molecule has 6 heteroatoms. The van der Waals surface area contributed by atoms with Gasteiger partial charge in [-0.25, -0.2) is 0 Å². The third kappa shape index (κ3) is 3.59. The van der Waals surface area contributed by atoms with Gasteiger partial charge in [0.25, 0.3) is 21.5 Å². The third-order valence-corrected chi connectivity index (χ3v) is 4.43. The molecule has 3 nitrogen and oxygen atoms in total. The molecule has 0 saturated carbocycles. The zero-order valence-corrected chi connectivity index (χ0v) is 14.3. The maximum atomic E-state index is 2.73. The number of nitrogens with zero attached hydrogens (tertiary/aromatic N) is 3. The normalized spacial score (nSPS) is 19.9. The highest BCUT2D eigenvalue weighted by atomic mass is 15.3. The van der Waals surface area contributed by atoms with E-state index in [1.807, 2.05) is 0 Å². The number of rotatable bonds is 5. The van der Waals surface area contributed by atoms with E-state index in [2.05, 4.69) is 69.6 Å². The minimum absolute atomic E-state index is 0.583. The van der Waals surface area contributed by atoms with Crippen molar-refractivity contribution in [1.29, 1.82) is 0 Å². The highest BCUT2D eigenvalue weighted by Gasteiger charge is 2.46. The van der Waals surface area contributed by atoms with Crippen LogP contribution in [0.15, 0.2) is 0 Å². The summed E-state index contributed by atoms with van der Waals surface area (Å²) in [6, 6.07) is 1.80. The van der Waals surface area contributed by atoms with Gasteiger partial charge in [-0.3, -0.25) is 0 Å². The molecule has 1 aliphatic heterocycles. The molecule has 0 radical (unpaired) electrons. The minimum Gasteiger partial charge on any atom is -0.358 e. The predicted octanol–water partition coefficient (Wildman–Crippen LogP) is 2.41. The average Bonchev–Trinajstić information content (AvgIpc) is 2.35. The summed E-state index contributed by atoms with van der Waals surface area (Å²) in [5.74, 6) is 0. The molecule has 0 aromatic heterocycles. The first kappa shape index (κ1) is 17.1. The van der Waals surface area contributed by atoms with Crippen LogP contribution >= 0.6 is 0 Å². The lowest BCUT2D eigenvalue weighted by atomic mass is 9.45. The van der Waals surface area contributed by atoms with Gasteiger partial charge in [0.2, 0.25) is 0 Å². The van der Waals surface area contributed by atoms with Crippen molar-refractivity contribution in [3.8, 4) is 0 Å². The summed E-state index contributed by atoms with van der Waals surface area (Å²) in [4.78, 5) is 0. The summed E-state index contributed by atoms with van der Waals surface area (Å²) in [5.41, 5.74) is 0. The molecule has 0 unspecified atom stereocenters. The highest BCUT2D eigenvalue weighted by Crippen LogP contribution is 2.25. The highest BCUT2D eigenvalue weighted by molar-refractivity contribution is 6.81. The molecule has 1 aliphatic rings. The quantitative estimate of drug-likeness (QED) is 0.705. The topological polar surface area (TPSA) is 9.72 Å². The van der Waals surface area contributed by atoms with Crippen LogP contribution in [0.5, 0.6) is 0 Å². The van der Waals surface area contributed by atoms with Gasteiger partial charge in [-0.05, 0) is 30.8 Å². The molecule has 1 saturated heterocycles. The van der Waals surface area contributed by atoms with Crippen LogP contribution < -0.4 is 0 Å². The number of hydrogen-bond donors (Lipinski definition) is 0. The molecule has 0 aliphatic carbocycles. The summed E-state index contributed by atoms with van der Waals surface area (Å²) < 4.78 is 8.04. The molecule has 0 aromatic rings. The van der Waals surface area contributed by atoms with E-state index in [4.69, 9.17) is 0 Å². The minimum atomic E-state index is 0.583. The maximum absolute atomic E-state index is 2.73. The van der Waals surface area contributed by atoms with Crippen molar-refractivity contribution < 1.29 is 0 Å². The van der Waals surface area contributed by atoms with Crippen LogP contribution in [0.3, 0.4) is 0 Å². The summed E-state index contributed by atoms with van der Waals surface area (Å²) in [6.45, 7) is 19.8. The van der Waals surface area contributed by atoms with E-state index < -0.39 is 0 Å². The van der Waals surface area contributed by atoms with Crippen molar-refractivity contribution in [2.45, 2.75) is 86.2 Å². The molecule has 108 valence electrons. The molecule has 1 fully saturated rings. The van der Waals surface area contributed by atoms with Crippen molar-refractivity contribution in [2.24, 2.45) is 0 Å². The van der Waals surface area contributed by atoms with E-state index >= 15 is 0 Å². The van der Waals surface area contributed by atoms with Crippen molar-refractivity contribution in [1.82, 2.24) is 14.2 Å². The molecule has 0 atom stereocenters. The lowest BCUT2D eigenvalue weighted by Gasteiger charge is -2.54. The molecule has 0 amide bonds. The summed E-state index contributed by atoms with van der Waals surface area (Å²) in [6.07, 6.45) is 2.41. The van der Waals surface area contributed by atoms with Crippen molar-refractivity contribution in [2.75, 3.05) is 0 Å².